The van der Waals surface area contributed by atoms with Crippen LogP contribution in [-0.4, -0.2) is 57.6 Å². The van der Waals surface area contributed by atoms with E-state index in [1.54, 1.807) is 6.92 Å². The Bertz CT molecular complexity index is 694. The summed E-state index contributed by atoms with van der Waals surface area (Å²) in [5.74, 6) is -4.07. The van der Waals surface area contributed by atoms with Gasteiger partial charge in [0, 0.05) is 6.16 Å². The van der Waals surface area contributed by atoms with E-state index in [0.717, 1.165) is 0 Å². The lowest BCUT2D eigenvalue weighted by Crippen LogP contribution is -2.31. The van der Waals surface area contributed by atoms with Gasteiger partial charge in [-0.3, -0.25) is 9.36 Å². The van der Waals surface area contributed by atoms with E-state index in [2.05, 4.69) is 0 Å². The summed E-state index contributed by atoms with van der Waals surface area (Å²) in [6, 6.07) is 2.57. The van der Waals surface area contributed by atoms with Gasteiger partial charge in [0.25, 0.3) is 0 Å². The highest BCUT2D eigenvalue weighted by Gasteiger charge is 2.32. The number of aliphatic carboxylic acids is 2. The van der Waals surface area contributed by atoms with Crippen molar-refractivity contribution in [3.63, 3.8) is 0 Å². The van der Waals surface area contributed by atoms with Crippen molar-refractivity contribution in [2.24, 2.45) is 5.73 Å². The van der Waals surface area contributed by atoms with Crippen molar-refractivity contribution in [1.82, 2.24) is 0 Å². The molecule has 0 saturated heterocycles. The predicted octanol–water partition coefficient (Wildman–Crippen LogP) is 0.612. The fourth-order valence-electron chi connectivity index (χ4n) is 2.02. The Balaban J connectivity index is 2.98. The van der Waals surface area contributed by atoms with Crippen molar-refractivity contribution in [2.45, 2.75) is 25.2 Å². The average molecular weight is 391 g/mol. The summed E-state index contributed by atoms with van der Waals surface area (Å²) < 4.78 is 22.7. The first-order valence-electron chi connectivity index (χ1n) is 7.67. The van der Waals surface area contributed by atoms with Crippen LogP contribution in [-0.2, 0) is 14.2 Å². The van der Waals surface area contributed by atoms with Crippen LogP contribution in [0.3, 0.4) is 0 Å². The lowest BCUT2D eigenvalue weighted by Gasteiger charge is -2.21. The summed E-state index contributed by atoms with van der Waals surface area (Å²) >= 11 is 0. The zero-order valence-electron chi connectivity index (χ0n) is 14.1. The van der Waals surface area contributed by atoms with Crippen LogP contribution < -0.4 is 15.2 Å². The number of carboxylic acids is 2. The lowest BCUT2D eigenvalue weighted by atomic mass is 10.2. The van der Waals surface area contributed by atoms with Gasteiger partial charge in [0.1, 0.15) is 6.04 Å². The summed E-state index contributed by atoms with van der Waals surface area (Å²) in [4.78, 5) is 31.3. The Morgan fingerprint density at radius 3 is 2.42 bits per heavy atom. The van der Waals surface area contributed by atoms with Crippen LogP contribution in [0.25, 0.3) is 0 Å². The van der Waals surface area contributed by atoms with E-state index in [1.165, 1.54) is 18.2 Å². The third kappa shape index (κ3) is 6.30. The maximum Gasteiger partial charge on any atom is 0.341 e. The smallest absolute Gasteiger partial charge is 0.341 e. The molecule has 0 aliphatic rings. The molecule has 1 aromatic carbocycles. The molecule has 0 spiro atoms. The molecule has 146 valence electrons. The number of hydrogen-bond acceptors (Lipinski definition) is 7. The molecule has 0 radical (unpaired) electrons. The van der Waals surface area contributed by atoms with Crippen LogP contribution in [0, 0.1) is 0 Å². The molecule has 0 heterocycles. The molecule has 2 unspecified atom stereocenters. The third-order valence-corrected chi connectivity index (χ3v) is 5.34. The van der Waals surface area contributed by atoms with Crippen LogP contribution in [0.2, 0.25) is 0 Å². The molecular weight excluding hydrogens is 369 g/mol. The summed E-state index contributed by atoms with van der Waals surface area (Å²) in [7, 11) is -4.16. The van der Waals surface area contributed by atoms with Crippen molar-refractivity contribution in [3.8, 4) is 11.5 Å². The van der Waals surface area contributed by atoms with Crippen LogP contribution in [0.5, 0.6) is 11.5 Å². The molecule has 10 nitrogen and oxygen atoms in total. The monoisotopic (exact) mass is 391 g/mol. The highest BCUT2D eigenvalue weighted by atomic mass is 31.2. The molecule has 0 fully saturated rings. The molecule has 1 aromatic rings. The van der Waals surface area contributed by atoms with Gasteiger partial charge < -0.3 is 35.4 Å². The zero-order chi connectivity index (χ0) is 19.9. The van der Waals surface area contributed by atoms with Gasteiger partial charge in [0.05, 0.1) is 6.61 Å². The Morgan fingerprint density at radius 2 is 1.88 bits per heavy atom. The molecule has 0 aliphatic heterocycles. The first-order chi connectivity index (χ1) is 12.1. The number of hydrogen-bond donors (Lipinski definition) is 5. The van der Waals surface area contributed by atoms with Crippen molar-refractivity contribution < 1.29 is 43.8 Å². The van der Waals surface area contributed by atoms with Gasteiger partial charge in [-0.1, -0.05) is 6.07 Å². The first-order valence-corrected chi connectivity index (χ1v) is 9.59. The van der Waals surface area contributed by atoms with Crippen molar-refractivity contribution in [1.29, 1.82) is 0 Å². The summed E-state index contributed by atoms with van der Waals surface area (Å²) in [6.45, 7) is 1.29. The highest BCUT2D eigenvalue weighted by molar-refractivity contribution is 7.58. The molecule has 6 N–H and O–H groups in total. The van der Waals surface area contributed by atoms with Crippen molar-refractivity contribution in [2.75, 3.05) is 19.4 Å². The van der Waals surface area contributed by atoms with Gasteiger partial charge in [0.2, 0.25) is 7.37 Å². The Labute approximate surface area is 149 Å². The zero-order valence-corrected chi connectivity index (χ0v) is 15.0. The summed E-state index contributed by atoms with van der Waals surface area (Å²) in [5, 5.41) is 27.6. The first kappa shape index (κ1) is 21.9. The lowest BCUT2D eigenvalue weighted by molar-refractivity contribution is -0.139. The Kier molecular flexibility index (Phi) is 8.04. The largest absolute Gasteiger partial charge is 0.490 e. The van der Waals surface area contributed by atoms with Gasteiger partial charge in [-0.25, -0.2) is 4.79 Å². The highest BCUT2D eigenvalue weighted by Crippen LogP contribution is 2.55. The molecule has 0 saturated carbocycles. The number of benzene rings is 1. The van der Waals surface area contributed by atoms with Crippen LogP contribution >= 0.6 is 7.37 Å². The molecule has 0 aliphatic carbocycles. The maximum absolute atomic E-state index is 12.3. The Hall–Kier alpha value is -2.13. The minimum atomic E-state index is -4.16. The second-order valence-corrected chi connectivity index (χ2v) is 7.86. The predicted molar refractivity (Wildman–Crippen MR) is 90.6 cm³/mol. The van der Waals surface area contributed by atoms with E-state index in [0.29, 0.717) is 0 Å². The number of ether oxygens (including phenoxy) is 2. The molecule has 0 aromatic heterocycles. The minimum absolute atomic E-state index is 0.0471. The topological polar surface area (TPSA) is 177 Å². The number of aliphatic hydroxyl groups is 1. The van der Waals surface area contributed by atoms with E-state index in [-0.39, 0.29) is 30.1 Å². The van der Waals surface area contributed by atoms with Crippen LogP contribution in [0.4, 0.5) is 0 Å². The third-order valence-electron chi connectivity index (χ3n) is 3.38. The number of carbonyl (C=O) groups is 2. The molecule has 0 amide bonds. The van der Waals surface area contributed by atoms with Crippen molar-refractivity contribution >= 4 is 19.3 Å². The van der Waals surface area contributed by atoms with E-state index in [1.807, 2.05) is 0 Å². The normalized spacial score (nSPS) is 15.5. The van der Waals surface area contributed by atoms with Gasteiger partial charge in [-0.2, -0.15) is 0 Å². The van der Waals surface area contributed by atoms with Gasteiger partial charge >= 0.3 is 11.9 Å². The van der Waals surface area contributed by atoms with Crippen molar-refractivity contribution in [3.05, 3.63) is 23.8 Å². The molecule has 3 atom stereocenters. The number of aliphatic hydroxyl groups excluding tert-OH is 1. The number of nitrogens with two attached hydrogens (primary N) is 1. The Morgan fingerprint density at radius 1 is 1.23 bits per heavy atom. The van der Waals surface area contributed by atoms with Gasteiger partial charge in [0.15, 0.2) is 24.0 Å². The SMILES string of the molecule is CCOc1cc(C(O)P(=O)(O)CC[C@@H](N)C(=O)O)ccc1OCC(=O)O. The van der Waals surface area contributed by atoms with Gasteiger partial charge in [-0.15, -0.1) is 0 Å². The molecule has 1 rings (SSSR count). The maximum atomic E-state index is 12.3. The summed E-state index contributed by atoms with van der Waals surface area (Å²) in [5.41, 5.74) is 5.35. The van der Waals surface area contributed by atoms with Crippen LogP contribution in [0.1, 0.15) is 24.8 Å². The molecule has 26 heavy (non-hydrogen) atoms. The molecular formula is C15H22NO9P. The standard InChI is InChI=1S/C15H22NO9P/c1-2-24-12-7-9(3-4-11(12)25-8-13(17)18)15(21)26(22,23)6-5-10(16)14(19)20/h3-4,7,10,15,21H,2,5-6,8,16H2,1H3,(H,17,18)(H,19,20)(H,22,23)/t10-,15?/m1/s1. The fourth-order valence-corrected chi connectivity index (χ4v) is 3.53. The van der Waals surface area contributed by atoms with Crippen LogP contribution in [0.15, 0.2) is 18.2 Å². The number of carboxylic acid groups (broad SMARTS) is 2. The van der Waals surface area contributed by atoms with Gasteiger partial charge in [-0.05, 0) is 31.0 Å². The van der Waals surface area contributed by atoms with E-state index >= 15 is 0 Å². The van der Waals surface area contributed by atoms with E-state index < -0.39 is 44.0 Å². The quantitative estimate of drug-likeness (QED) is 0.336. The number of rotatable bonds is 11. The van der Waals surface area contributed by atoms with E-state index in [9.17, 15) is 24.2 Å². The van der Waals surface area contributed by atoms with E-state index in [4.69, 9.17) is 25.4 Å². The average Bonchev–Trinajstić information content (AvgIpc) is 2.57. The second-order valence-electron chi connectivity index (χ2n) is 5.41. The summed E-state index contributed by atoms with van der Waals surface area (Å²) in [6.07, 6.45) is -0.763. The minimum Gasteiger partial charge on any atom is -0.490 e. The fraction of sp³-hybridized carbons (Fsp3) is 0.467. The molecule has 11 heteroatoms. The second kappa shape index (κ2) is 9.54. The molecule has 0 bridgehead atoms.